The topological polar surface area (TPSA) is 66.6 Å². The molecule has 0 fully saturated rings. The molecule has 2 aromatic rings. The van der Waals surface area contributed by atoms with E-state index in [0.29, 0.717) is 5.06 Å². The van der Waals surface area contributed by atoms with Crippen molar-refractivity contribution in [3.05, 3.63) is 57.8 Å². The van der Waals surface area contributed by atoms with E-state index in [1.54, 1.807) is 23.5 Å². The van der Waals surface area contributed by atoms with Crippen molar-refractivity contribution in [1.82, 2.24) is 5.06 Å². The molecule has 19 heavy (non-hydrogen) atoms. The summed E-state index contributed by atoms with van der Waals surface area (Å²) < 4.78 is 0. The summed E-state index contributed by atoms with van der Waals surface area (Å²) in [6, 6.07) is 10.3. The third-order valence-corrected chi connectivity index (χ3v) is 3.18. The predicted molar refractivity (Wildman–Crippen MR) is 73.7 cm³/mol. The number of hydrogen-bond acceptors (Lipinski definition) is 3. The highest BCUT2D eigenvalue weighted by molar-refractivity contribution is 7.10. The summed E-state index contributed by atoms with van der Waals surface area (Å²) >= 11 is 1.59. The zero-order valence-corrected chi connectivity index (χ0v) is 10.9. The lowest BCUT2D eigenvalue weighted by Gasteiger charge is -2.11. The van der Waals surface area contributed by atoms with Crippen molar-refractivity contribution in [2.45, 2.75) is 6.54 Å². The minimum Gasteiger partial charge on any atom is -0.350 e. The molecule has 1 aromatic heterocycles. The number of thiophene rings is 1. The fourth-order valence-electron chi connectivity index (χ4n) is 1.43. The first-order valence-corrected chi connectivity index (χ1v) is 6.43. The summed E-state index contributed by atoms with van der Waals surface area (Å²) in [7, 11) is 0. The number of rotatable bonds is 2. The van der Waals surface area contributed by atoms with Crippen LogP contribution in [-0.4, -0.2) is 16.3 Å². The van der Waals surface area contributed by atoms with Crippen LogP contribution in [0.25, 0.3) is 0 Å². The van der Waals surface area contributed by atoms with Crippen molar-refractivity contribution in [1.29, 1.82) is 0 Å². The molecule has 0 unspecified atom stereocenters. The molecule has 0 saturated heterocycles. The van der Waals surface area contributed by atoms with Crippen LogP contribution in [0.2, 0.25) is 0 Å². The van der Waals surface area contributed by atoms with Gasteiger partial charge < -0.3 is 5.73 Å². The fourth-order valence-corrected chi connectivity index (χ4v) is 2.00. The molecule has 0 bridgehead atoms. The summed E-state index contributed by atoms with van der Waals surface area (Å²) in [6.07, 6.45) is 0. The third-order valence-electron chi connectivity index (χ3n) is 2.39. The van der Waals surface area contributed by atoms with E-state index in [1.165, 1.54) is 0 Å². The van der Waals surface area contributed by atoms with Crippen molar-refractivity contribution in [2.75, 3.05) is 0 Å². The van der Waals surface area contributed by atoms with Gasteiger partial charge in [-0.1, -0.05) is 30.0 Å². The number of urea groups is 1. The Hall–Kier alpha value is -2.29. The van der Waals surface area contributed by atoms with Crippen LogP contribution >= 0.6 is 11.3 Å². The van der Waals surface area contributed by atoms with Crippen molar-refractivity contribution in [3.63, 3.8) is 0 Å². The maximum absolute atomic E-state index is 10.7. The largest absolute Gasteiger partial charge is 0.350 e. The molecule has 0 aliphatic heterocycles. The number of primary amides is 1. The average molecular weight is 272 g/mol. The first kappa shape index (κ1) is 13.1. The molecule has 0 radical (unpaired) electrons. The molecular formula is C14H12N2O2S. The average Bonchev–Trinajstić information content (AvgIpc) is 2.91. The molecule has 5 heteroatoms. The molecule has 1 heterocycles. The third kappa shape index (κ3) is 3.85. The summed E-state index contributed by atoms with van der Waals surface area (Å²) in [5.41, 5.74) is 6.59. The standard InChI is InChI=1S/C14H12N2O2S/c15-14(17)16(18)10-12-5-3-11(4-6-12)7-8-13-2-1-9-19-13/h1-6,9,18H,10H2,(H2,15,17). The quantitative estimate of drug-likeness (QED) is 0.501. The van der Waals surface area contributed by atoms with E-state index in [-0.39, 0.29) is 6.54 Å². The van der Waals surface area contributed by atoms with Crippen LogP contribution < -0.4 is 5.73 Å². The summed E-state index contributed by atoms with van der Waals surface area (Å²) in [5.74, 6) is 6.10. The van der Waals surface area contributed by atoms with Crippen molar-refractivity contribution in [3.8, 4) is 11.8 Å². The van der Waals surface area contributed by atoms with Crippen molar-refractivity contribution >= 4 is 17.4 Å². The van der Waals surface area contributed by atoms with Gasteiger partial charge in [0.1, 0.15) is 0 Å². The molecule has 1 aromatic carbocycles. The lowest BCUT2D eigenvalue weighted by atomic mass is 10.1. The lowest BCUT2D eigenvalue weighted by Crippen LogP contribution is -2.31. The molecule has 0 saturated carbocycles. The van der Waals surface area contributed by atoms with Gasteiger partial charge in [-0.3, -0.25) is 5.21 Å². The molecule has 3 N–H and O–H groups in total. The van der Waals surface area contributed by atoms with Gasteiger partial charge in [0.2, 0.25) is 0 Å². The predicted octanol–water partition coefficient (Wildman–Crippen LogP) is 2.42. The van der Waals surface area contributed by atoms with Gasteiger partial charge in [0, 0.05) is 5.56 Å². The van der Waals surface area contributed by atoms with Crippen LogP contribution in [0.4, 0.5) is 4.79 Å². The second kappa shape index (κ2) is 6.05. The van der Waals surface area contributed by atoms with E-state index in [2.05, 4.69) is 11.8 Å². The smallest absolute Gasteiger partial charge is 0.338 e. The number of nitrogens with zero attached hydrogens (tertiary/aromatic N) is 1. The first-order valence-electron chi connectivity index (χ1n) is 5.55. The molecule has 0 spiro atoms. The van der Waals surface area contributed by atoms with Crippen LogP contribution in [0.3, 0.4) is 0 Å². The van der Waals surface area contributed by atoms with Crippen LogP contribution in [0, 0.1) is 11.8 Å². The summed E-state index contributed by atoms with van der Waals surface area (Å²) in [4.78, 5) is 11.7. The van der Waals surface area contributed by atoms with E-state index in [9.17, 15) is 10.0 Å². The van der Waals surface area contributed by atoms with E-state index in [0.717, 1.165) is 16.0 Å². The molecular weight excluding hydrogens is 260 g/mol. The number of hydrogen-bond donors (Lipinski definition) is 2. The minimum atomic E-state index is -0.874. The summed E-state index contributed by atoms with van der Waals surface area (Å²) in [6.45, 7) is 0.0635. The highest BCUT2D eigenvalue weighted by Crippen LogP contribution is 2.08. The fraction of sp³-hybridized carbons (Fsp3) is 0.0714. The zero-order valence-electron chi connectivity index (χ0n) is 10.0. The molecule has 2 rings (SSSR count). The van der Waals surface area contributed by atoms with E-state index in [1.807, 2.05) is 29.6 Å². The van der Waals surface area contributed by atoms with E-state index in [4.69, 9.17) is 5.73 Å². The Morgan fingerprint density at radius 1 is 1.26 bits per heavy atom. The zero-order chi connectivity index (χ0) is 13.7. The Labute approximate surface area is 115 Å². The molecule has 0 aliphatic carbocycles. The second-order valence-corrected chi connectivity index (χ2v) is 4.77. The van der Waals surface area contributed by atoms with Gasteiger partial charge in [-0.25, -0.2) is 9.86 Å². The highest BCUT2D eigenvalue weighted by Gasteiger charge is 2.05. The van der Waals surface area contributed by atoms with Gasteiger partial charge in [-0.15, -0.1) is 11.3 Å². The minimum absolute atomic E-state index is 0.0635. The first-order chi connectivity index (χ1) is 9.15. The van der Waals surface area contributed by atoms with Gasteiger partial charge in [0.25, 0.3) is 0 Å². The van der Waals surface area contributed by atoms with Crippen molar-refractivity contribution < 1.29 is 10.0 Å². The Kier molecular flexibility index (Phi) is 4.18. The van der Waals surface area contributed by atoms with Gasteiger partial charge in [-0.05, 0) is 29.1 Å². The molecule has 4 nitrogen and oxygen atoms in total. The van der Waals surface area contributed by atoms with Gasteiger partial charge in [-0.2, -0.15) is 0 Å². The highest BCUT2D eigenvalue weighted by atomic mass is 32.1. The lowest BCUT2D eigenvalue weighted by molar-refractivity contribution is -0.0470. The number of amides is 2. The molecule has 96 valence electrons. The maximum Gasteiger partial charge on any atom is 0.338 e. The Bertz CT molecular complexity index is 609. The van der Waals surface area contributed by atoms with Gasteiger partial charge >= 0.3 is 6.03 Å². The maximum atomic E-state index is 10.7. The monoisotopic (exact) mass is 272 g/mol. The van der Waals surface area contributed by atoms with Crippen molar-refractivity contribution in [2.24, 2.45) is 5.73 Å². The molecule has 0 atom stereocenters. The van der Waals surface area contributed by atoms with Crippen LogP contribution in [0.15, 0.2) is 41.8 Å². The SMILES string of the molecule is NC(=O)N(O)Cc1ccc(C#Cc2cccs2)cc1. The van der Waals surface area contributed by atoms with E-state index < -0.39 is 6.03 Å². The Balaban J connectivity index is 2.04. The number of carbonyl (C=O) groups excluding carboxylic acids is 1. The second-order valence-electron chi connectivity index (χ2n) is 3.82. The number of benzene rings is 1. The number of hydroxylamine groups is 2. The van der Waals surface area contributed by atoms with Crippen LogP contribution in [0.1, 0.15) is 16.0 Å². The Morgan fingerprint density at radius 3 is 2.58 bits per heavy atom. The Morgan fingerprint density at radius 2 is 2.00 bits per heavy atom. The normalized spacial score (nSPS) is 9.53. The van der Waals surface area contributed by atoms with Gasteiger partial charge in [0.15, 0.2) is 0 Å². The summed E-state index contributed by atoms with van der Waals surface area (Å²) in [5, 5.41) is 11.7. The van der Waals surface area contributed by atoms with Crippen LogP contribution in [0.5, 0.6) is 0 Å². The molecule has 2 amide bonds. The van der Waals surface area contributed by atoms with E-state index >= 15 is 0 Å². The van der Waals surface area contributed by atoms with Gasteiger partial charge in [0.05, 0.1) is 11.4 Å². The molecule has 0 aliphatic rings. The van der Waals surface area contributed by atoms with Crippen LogP contribution in [-0.2, 0) is 6.54 Å². The number of nitrogens with two attached hydrogens (primary N) is 1. The number of carbonyl (C=O) groups is 1.